The Morgan fingerprint density at radius 2 is 2.07 bits per heavy atom. The third kappa shape index (κ3) is 3.53. The highest BCUT2D eigenvalue weighted by Gasteiger charge is 2.12. The van der Waals surface area contributed by atoms with Crippen LogP contribution in [0.2, 0.25) is 5.02 Å². The van der Waals surface area contributed by atoms with Crippen LogP contribution in [-0.2, 0) is 13.8 Å². The Morgan fingerprint density at radius 1 is 1.40 bits per heavy atom. The highest BCUT2D eigenvalue weighted by Crippen LogP contribution is 2.28. The van der Waals surface area contributed by atoms with Crippen molar-refractivity contribution >= 4 is 31.3 Å². The first-order valence-corrected chi connectivity index (χ1v) is 6.50. The van der Waals surface area contributed by atoms with Crippen LogP contribution in [0.4, 0.5) is 0 Å². The van der Waals surface area contributed by atoms with Crippen LogP contribution < -0.4 is 4.74 Å². The van der Waals surface area contributed by atoms with Gasteiger partial charge in [0.05, 0.1) is 9.92 Å². The lowest BCUT2D eigenvalue weighted by molar-refractivity contribution is 0.0511. The molecule has 0 N–H and O–H groups in total. The van der Waals surface area contributed by atoms with Crippen molar-refractivity contribution in [2.24, 2.45) is 0 Å². The van der Waals surface area contributed by atoms with Crippen molar-refractivity contribution in [2.45, 2.75) is 4.90 Å². The van der Waals surface area contributed by atoms with Crippen molar-refractivity contribution in [1.82, 2.24) is 0 Å². The fourth-order valence-electron chi connectivity index (χ4n) is 0.873. The Balaban J connectivity index is 2.99. The smallest absolute Gasteiger partial charge is 0.261 e. The lowest BCUT2D eigenvalue weighted by atomic mass is 10.3. The van der Waals surface area contributed by atoms with E-state index in [1.165, 1.54) is 25.3 Å². The molecule has 0 saturated carbocycles. The van der Waals surface area contributed by atoms with Gasteiger partial charge in [-0.15, -0.1) is 0 Å². The van der Waals surface area contributed by atoms with E-state index in [9.17, 15) is 8.42 Å². The largest absolute Gasteiger partial charge is 0.466 e. The summed E-state index contributed by atoms with van der Waals surface area (Å²) in [7, 11) is 2.84. The summed E-state index contributed by atoms with van der Waals surface area (Å²) in [6.45, 7) is 0.0344. The zero-order valence-electron chi connectivity index (χ0n) is 7.74. The lowest BCUT2D eigenvalue weighted by Crippen LogP contribution is -2.00. The predicted molar refractivity (Wildman–Crippen MR) is 57.0 cm³/mol. The molecule has 0 atom stereocenters. The summed E-state index contributed by atoms with van der Waals surface area (Å²) < 4.78 is 31.6. The molecule has 0 saturated heterocycles. The highest BCUT2D eigenvalue weighted by atomic mass is 35.7. The maximum absolute atomic E-state index is 11.0. The summed E-state index contributed by atoms with van der Waals surface area (Å²) >= 11 is 5.77. The van der Waals surface area contributed by atoms with Gasteiger partial charge in [-0.25, -0.2) is 8.42 Å². The van der Waals surface area contributed by atoms with E-state index < -0.39 is 9.05 Å². The molecule has 1 rings (SSSR count). The number of hydrogen-bond acceptors (Lipinski definition) is 4. The van der Waals surface area contributed by atoms with E-state index in [1.807, 2.05) is 0 Å². The number of ether oxygens (including phenoxy) is 2. The minimum Gasteiger partial charge on any atom is -0.466 e. The van der Waals surface area contributed by atoms with Crippen molar-refractivity contribution in [3.63, 3.8) is 0 Å². The molecule has 15 heavy (non-hydrogen) atoms. The maximum atomic E-state index is 11.0. The van der Waals surface area contributed by atoms with Gasteiger partial charge in [0.1, 0.15) is 5.75 Å². The van der Waals surface area contributed by atoms with Gasteiger partial charge >= 0.3 is 0 Å². The third-order valence-electron chi connectivity index (χ3n) is 1.52. The lowest BCUT2D eigenvalue weighted by Gasteiger charge is -2.07. The van der Waals surface area contributed by atoms with Gasteiger partial charge in [-0.3, -0.25) is 0 Å². The molecule has 7 heteroatoms. The van der Waals surface area contributed by atoms with Crippen LogP contribution >= 0.6 is 22.3 Å². The monoisotopic (exact) mass is 270 g/mol. The van der Waals surface area contributed by atoms with Gasteiger partial charge in [0.2, 0.25) is 0 Å². The SMILES string of the molecule is COCOc1ccc(S(=O)(=O)Cl)cc1Cl. The summed E-state index contributed by atoms with van der Waals surface area (Å²) in [5, 5.41) is 0.161. The van der Waals surface area contributed by atoms with Crippen LogP contribution in [0.5, 0.6) is 5.75 Å². The van der Waals surface area contributed by atoms with Crippen LogP contribution in [-0.4, -0.2) is 22.3 Å². The molecule has 1 aromatic rings. The summed E-state index contributed by atoms with van der Waals surface area (Å²) in [5.74, 6) is 0.336. The Bertz CT molecular complexity index is 444. The second kappa shape index (κ2) is 5.03. The molecule has 0 amide bonds. The van der Waals surface area contributed by atoms with E-state index >= 15 is 0 Å². The third-order valence-corrected chi connectivity index (χ3v) is 3.16. The predicted octanol–water partition coefficient (Wildman–Crippen LogP) is 2.25. The Hall–Kier alpha value is -0.490. The first-order valence-electron chi connectivity index (χ1n) is 3.81. The molecule has 0 bridgehead atoms. The van der Waals surface area contributed by atoms with E-state index in [0.29, 0.717) is 5.75 Å². The van der Waals surface area contributed by atoms with Gasteiger partial charge in [0, 0.05) is 17.8 Å². The van der Waals surface area contributed by atoms with Gasteiger partial charge in [0.15, 0.2) is 6.79 Å². The van der Waals surface area contributed by atoms with E-state index in [4.69, 9.17) is 27.0 Å². The second-order valence-electron chi connectivity index (χ2n) is 2.58. The molecule has 0 aliphatic carbocycles. The molecular formula is C8H8Cl2O4S. The minimum atomic E-state index is -3.76. The Kier molecular flexibility index (Phi) is 4.21. The molecule has 0 spiro atoms. The maximum Gasteiger partial charge on any atom is 0.261 e. The van der Waals surface area contributed by atoms with E-state index in [0.717, 1.165) is 0 Å². The van der Waals surface area contributed by atoms with Crippen LogP contribution in [0.3, 0.4) is 0 Å². The van der Waals surface area contributed by atoms with Crippen LogP contribution in [0.15, 0.2) is 23.1 Å². The fraction of sp³-hybridized carbons (Fsp3) is 0.250. The van der Waals surface area contributed by atoms with Crippen LogP contribution in [0.1, 0.15) is 0 Å². The average molecular weight is 271 g/mol. The van der Waals surface area contributed by atoms with E-state index in [2.05, 4.69) is 4.74 Å². The molecule has 4 nitrogen and oxygen atoms in total. The van der Waals surface area contributed by atoms with Gasteiger partial charge in [-0.1, -0.05) is 11.6 Å². The summed E-state index contributed by atoms with van der Waals surface area (Å²) in [6.07, 6.45) is 0. The number of halogens is 2. The normalized spacial score (nSPS) is 11.4. The molecule has 0 radical (unpaired) electrons. The van der Waals surface area contributed by atoms with E-state index in [-0.39, 0.29) is 16.7 Å². The van der Waals surface area contributed by atoms with Crippen molar-refractivity contribution in [2.75, 3.05) is 13.9 Å². The Labute approximate surface area is 97.1 Å². The molecule has 0 fully saturated rings. The van der Waals surface area contributed by atoms with Crippen LogP contribution in [0, 0.1) is 0 Å². The molecule has 0 unspecified atom stereocenters. The number of methoxy groups -OCH3 is 1. The van der Waals surface area contributed by atoms with Gasteiger partial charge in [0.25, 0.3) is 9.05 Å². The van der Waals surface area contributed by atoms with Crippen LogP contribution in [0.25, 0.3) is 0 Å². The first kappa shape index (κ1) is 12.6. The standard InChI is InChI=1S/C8H8Cl2O4S/c1-13-5-14-8-3-2-6(4-7(8)9)15(10,11)12/h2-4H,5H2,1H3. The van der Waals surface area contributed by atoms with Crippen molar-refractivity contribution < 1.29 is 17.9 Å². The van der Waals surface area contributed by atoms with Gasteiger partial charge in [-0.2, -0.15) is 0 Å². The average Bonchev–Trinajstić information content (AvgIpc) is 2.14. The molecule has 0 aliphatic rings. The summed E-state index contributed by atoms with van der Waals surface area (Å²) in [6, 6.07) is 3.94. The van der Waals surface area contributed by atoms with Crippen molar-refractivity contribution in [3.05, 3.63) is 23.2 Å². The molecule has 1 aromatic carbocycles. The van der Waals surface area contributed by atoms with E-state index in [1.54, 1.807) is 0 Å². The zero-order valence-corrected chi connectivity index (χ0v) is 10.1. The topological polar surface area (TPSA) is 52.6 Å². The minimum absolute atomic E-state index is 0.0344. The van der Waals surface area contributed by atoms with Gasteiger partial charge in [-0.05, 0) is 18.2 Å². The molecule has 84 valence electrons. The molecular weight excluding hydrogens is 263 g/mol. The molecule has 0 aliphatic heterocycles. The fourth-order valence-corrected chi connectivity index (χ4v) is 1.95. The highest BCUT2D eigenvalue weighted by molar-refractivity contribution is 8.13. The first-order chi connectivity index (χ1) is 6.95. The Morgan fingerprint density at radius 3 is 2.53 bits per heavy atom. The van der Waals surface area contributed by atoms with Crippen molar-refractivity contribution in [3.8, 4) is 5.75 Å². The number of rotatable bonds is 4. The molecule has 0 heterocycles. The zero-order chi connectivity index (χ0) is 11.5. The van der Waals surface area contributed by atoms with Gasteiger partial charge < -0.3 is 9.47 Å². The van der Waals surface area contributed by atoms with Crippen molar-refractivity contribution in [1.29, 1.82) is 0 Å². The second-order valence-corrected chi connectivity index (χ2v) is 5.55. The molecule has 0 aromatic heterocycles. The number of hydrogen-bond donors (Lipinski definition) is 0. The summed E-state index contributed by atoms with van der Waals surface area (Å²) in [4.78, 5) is -0.0704. The summed E-state index contributed by atoms with van der Waals surface area (Å²) in [5.41, 5.74) is 0. The number of benzene rings is 1. The quantitative estimate of drug-likeness (QED) is 0.622.